The Morgan fingerprint density at radius 2 is 2.33 bits per heavy atom. The van der Waals surface area contributed by atoms with Crippen molar-refractivity contribution < 1.29 is 0 Å². The van der Waals surface area contributed by atoms with E-state index in [4.69, 9.17) is 5.73 Å². The lowest BCUT2D eigenvalue weighted by Gasteiger charge is -2.03. The minimum absolute atomic E-state index is 0.0926. The molecule has 0 radical (unpaired) electrons. The average molecular weight is 165 g/mol. The summed E-state index contributed by atoms with van der Waals surface area (Å²) in [5.41, 5.74) is 8.15. The number of nitrogens with two attached hydrogens (primary N) is 1. The van der Waals surface area contributed by atoms with Crippen LogP contribution in [0.15, 0.2) is 6.07 Å². The third-order valence-electron chi connectivity index (χ3n) is 2.40. The highest BCUT2D eigenvalue weighted by Gasteiger charge is 2.27. The molecule has 0 amide bonds. The van der Waals surface area contributed by atoms with Crippen LogP contribution >= 0.6 is 0 Å². The second-order valence-corrected chi connectivity index (χ2v) is 3.68. The number of rotatable bonds is 2. The third kappa shape index (κ3) is 1.25. The second kappa shape index (κ2) is 2.59. The van der Waals surface area contributed by atoms with E-state index in [0.717, 1.165) is 11.6 Å². The van der Waals surface area contributed by atoms with Crippen molar-refractivity contribution in [3.63, 3.8) is 0 Å². The van der Waals surface area contributed by atoms with Crippen molar-refractivity contribution in [2.75, 3.05) is 0 Å². The van der Waals surface area contributed by atoms with Gasteiger partial charge >= 0.3 is 0 Å². The number of hydrogen-bond acceptors (Lipinski definition) is 2. The van der Waals surface area contributed by atoms with E-state index in [2.05, 4.69) is 11.2 Å². The third-order valence-corrected chi connectivity index (χ3v) is 2.40. The number of hydrogen-bond donors (Lipinski definition) is 1. The molecule has 1 atom stereocenters. The first kappa shape index (κ1) is 7.80. The highest BCUT2D eigenvalue weighted by Crippen LogP contribution is 2.39. The topological polar surface area (TPSA) is 43.8 Å². The van der Waals surface area contributed by atoms with E-state index in [9.17, 15) is 0 Å². The van der Waals surface area contributed by atoms with Crippen molar-refractivity contribution in [1.29, 1.82) is 0 Å². The maximum Gasteiger partial charge on any atom is 0.0658 e. The van der Waals surface area contributed by atoms with Crippen molar-refractivity contribution in [3.05, 3.63) is 17.5 Å². The van der Waals surface area contributed by atoms with Crippen molar-refractivity contribution >= 4 is 0 Å². The quantitative estimate of drug-likeness (QED) is 0.718. The highest BCUT2D eigenvalue weighted by atomic mass is 15.3. The van der Waals surface area contributed by atoms with Crippen molar-refractivity contribution in [2.24, 2.45) is 12.8 Å². The number of aryl methyl sites for hydroxylation is 1. The van der Waals surface area contributed by atoms with E-state index in [1.807, 2.05) is 18.7 Å². The Labute approximate surface area is 72.6 Å². The molecule has 1 aromatic rings. The lowest BCUT2D eigenvalue weighted by molar-refractivity contribution is 0.648. The predicted octanol–water partition coefficient (Wildman–Crippen LogP) is 1.32. The van der Waals surface area contributed by atoms with E-state index in [1.54, 1.807) is 0 Å². The fourth-order valence-electron chi connectivity index (χ4n) is 1.51. The van der Waals surface area contributed by atoms with Gasteiger partial charge in [-0.25, -0.2) is 0 Å². The van der Waals surface area contributed by atoms with E-state index >= 15 is 0 Å². The van der Waals surface area contributed by atoms with E-state index in [-0.39, 0.29) is 6.04 Å². The molecule has 1 saturated carbocycles. The summed E-state index contributed by atoms with van der Waals surface area (Å²) in [5.74, 6) is 0.726. The van der Waals surface area contributed by atoms with E-state index < -0.39 is 0 Å². The molecule has 3 heteroatoms. The van der Waals surface area contributed by atoms with Crippen LogP contribution in [-0.2, 0) is 7.05 Å². The maximum absolute atomic E-state index is 5.79. The Hall–Kier alpha value is -0.830. The van der Waals surface area contributed by atoms with Gasteiger partial charge in [0.2, 0.25) is 0 Å². The molecule has 3 nitrogen and oxygen atoms in total. The summed E-state index contributed by atoms with van der Waals surface area (Å²) in [5, 5.41) is 4.43. The molecule has 1 unspecified atom stereocenters. The van der Waals surface area contributed by atoms with Crippen LogP contribution < -0.4 is 5.73 Å². The van der Waals surface area contributed by atoms with Gasteiger partial charge in [0.15, 0.2) is 0 Å². The summed E-state index contributed by atoms with van der Waals surface area (Å²) < 4.78 is 1.90. The SMILES string of the molecule is CC(N)c1cc(C2CC2)nn1C. The Bertz CT molecular complexity index is 284. The molecule has 12 heavy (non-hydrogen) atoms. The van der Waals surface area contributed by atoms with Crippen LogP contribution in [0.4, 0.5) is 0 Å². The van der Waals surface area contributed by atoms with Gasteiger partial charge in [-0.3, -0.25) is 4.68 Å². The number of aromatic nitrogens is 2. The molecule has 0 saturated heterocycles. The minimum atomic E-state index is 0.0926. The first-order valence-corrected chi connectivity index (χ1v) is 4.48. The van der Waals surface area contributed by atoms with Gasteiger partial charge in [0.1, 0.15) is 0 Å². The van der Waals surface area contributed by atoms with Crippen molar-refractivity contribution in [1.82, 2.24) is 9.78 Å². The van der Waals surface area contributed by atoms with Gasteiger partial charge in [-0.2, -0.15) is 5.10 Å². The summed E-state index contributed by atoms with van der Waals surface area (Å²) in [4.78, 5) is 0. The second-order valence-electron chi connectivity index (χ2n) is 3.68. The molecule has 0 aromatic carbocycles. The van der Waals surface area contributed by atoms with Crippen LogP contribution in [0.1, 0.15) is 43.1 Å². The molecule has 0 bridgehead atoms. The number of nitrogens with zero attached hydrogens (tertiary/aromatic N) is 2. The largest absolute Gasteiger partial charge is 0.323 e. The van der Waals surface area contributed by atoms with Crippen LogP contribution in [0, 0.1) is 0 Å². The first-order valence-electron chi connectivity index (χ1n) is 4.48. The van der Waals surface area contributed by atoms with Crippen LogP contribution in [0.5, 0.6) is 0 Å². The normalized spacial score (nSPS) is 19.6. The van der Waals surface area contributed by atoms with Gasteiger partial charge in [-0.05, 0) is 25.8 Å². The van der Waals surface area contributed by atoms with Crippen LogP contribution in [0.2, 0.25) is 0 Å². The van der Waals surface area contributed by atoms with Gasteiger partial charge in [0.05, 0.1) is 11.4 Å². The van der Waals surface area contributed by atoms with Gasteiger partial charge in [0.25, 0.3) is 0 Å². The average Bonchev–Trinajstić information content (AvgIpc) is 2.75. The van der Waals surface area contributed by atoms with E-state index in [1.165, 1.54) is 18.5 Å². The van der Waals surface area contributed by atoms with Gasteiger partial charge in [-0.1, -0.05) is 0 Å². The van der Waals surface area contributed by atoms with Crippen molar-refractivity contribution in [3.8, 4) is 0 Å². The molecular weight excluding hydrogens is 150 g/mol. The minimum Gasteiger partial charge on any atom is -0.323 e. The summed E-state index contributed by atoms with van der Waals surface area (Å²) >= 11 is 0. The first-order chi connectivity index (χ1) is 5.68. The fraction of sp³-hybridized carbons (Fsp3) is 0.667. The van der Waals surface area contributed by atoms with Crippen LogP contribution in [-0.4, -0.2) is 9.78 Å². The molecule has 2 N–H and O–H groups in total. The van der Waals surface area contributed by atoms with Gasteiger partial charge < -0.3 is 5.73 Å². The lowest BCUT2D eigenvalue weighted by Crippen LogP contribution is -2.10. The molecule has 1 heterocycles. The molecule has 2 rings (SSSR count). The van der Waals surface area contributed by atoms with Gasteiger partial charge in [-0.15, -0.1) is 0 Å². The maximum atomic E-state index is 5.79. The van der Waals surface area contributed by atoms with E-state index in [0.29, 0.717) is 0 Å². The van der Waals surface area contributed by atoms with Gasteiger partial charge in [0, 0.05) is 19.0 Å². The smallest absolute Gasteiger partial charge is 0.0658 e. The monoisotopic (exact) mass is 165 g/mol. The molecule has 0 spiro atoms. The summed E-state index contributed by atoms with van der Waals surface area (Å²) in [6.07, 6.45) is 2.60. The Morgan fingerprint density at radius 3 is 2.75 bits per heavy atom. The highest BCUT2D eigenvalue weighted by molar-refractivity contribution is 5.20. The zero-order valence-corrected chi connectivity index (χ0v) is 7.62. The van der Waals surface area contributed by atoms with Crippen LogP contribution in [0.3, 0.4) is 0 Å². The molecular formula is C9H15N3. The zero-order valence-electron chi connectivity index (χ0n) is 7.62. The standard InChI is InChI=1S/C9H15N3/c1-6(10)9-5-8(7-3-4-7)11-12(9)2/h5-7H,3-4,10H2,1-2H3. The molecule has 1 aliphatic carbocycles. The Morgan fingerprint density at radius 1 is 1.67 bits per heavy atom. The Kier molecular flexibility index (Phi) is 1.68. The molecule has 0 aliphatic heterocycles. The summed E-state index contributed by atoms with van der Waals surface area (Å²) in [6.45, 7) is 1.99. The fourth-order valence-corrected chi connectivity index (χ4v) is 1.51. The van der Waals surface area contributed by atoms with Crippen molar-refractivity contribution in [2.45, 2.75) is 31.7 Å². The zero-order chi connectivity index (χ0) is 8.72. The Balaban J connectivity index is 2.30. The molecule has 1 fully saturated rings. The summed E-state index contributed by atoms with van der Waals surface area (Å²) in [7, 11) is 1.96. The summed E-state index contributed by atoms with van der Waals surface area (Å²) in [6, 6.07) is 2.23. The lowest BCUT2D eigenvalue weighted by atomic mass is 10.2. The molecule has 1 aliphatic rings. The van der Waals surface area contributed by atoms with Crippen LogP contribution in [0.25, 0.3) is 0 Å². The molecule has 1 aromatic heterocycles. The predicted molar refractivity (Wildman–Crippen MR) is 47.8 cm³/mol. The molecule has 66 valence electrons.